The first kappa shape index (κ1) is 17.1. The van der Waals surface area contributed by atoms with Gasteiger partial charge in [-0.3, -0.25) is 24.9 Å². The smallest absolute Gasteiger partial charge is 0.307 e. The van der Waals surface area contributed by atoms with Crippen LogP contribution in [0.2, 0.25) is 0 Å². The number of hydrogen-bond donors (Lipinski definition) is 4. The minimum absolute atomic E-state index is 0.0524. The molecule has 0 saturated carbocycles. The van der Waals surface area contributed by atoms with Gasteiger partial charge in [0.2, 0.25) is 0 Å². The van der Waals surface area contributed by atoms with Crippen molar-refractivity contribution in [3.63, 3.8) is 0 Å². The van der Waals surface area contributed by atoms with Crippen molar-refractivity contribution in [1.82, 2.24) is 25.6 Å². The maximum atomic E-state index is 12.2. The van der Waals surface area contributed by atoms with E-state index in [1.54, 1.807) is 18.7 Å². The highest BCUT2D eigenvalue weighted by Crippen LogP contribution is 2.30. The lowest BCUT2D eigenvalue weighted by atomic mass is 9.99. The van der Waals surface area contributed by atoms with E-state index in [-0.39, 0.29) is 12.4 Å². The van der Waals surface area contributed by atoms with Crippen molar-refractivity contribution >= 4 is 22.3 Å². The molecule has 0 spiro atoms. The highest BCUT2D eigenvalue weighted by atomic mass is 32.3. The van der Waals surface area contributed by atoms with Crippen LogP contribution in [0.15, 0.2) is 11.2 Å². The fourth-order valence-electron chi connectivity index (χ4n) is 2.43. The number of hydrogen-bond acceptors (Lipinski definition) is 7. The zero-order chi connectivity index (χ0) is 17.2. The molecule has 0 unspecified atom stereocenters. The Hall–Kier alpha value is -2.22. The monoisotopic (exact) mass is 348 g/mol. The van der Waals surface area contributed by atoms with Gasteiger partial charge in [-0.05, 0) is 12.0 Å². The number of carbonyl (C=O) groups is 1. The van der Waals surface area contributed by atoms with Crippen molar-refractivity contribution in [2.24, 2.45) is 12.0 Å². The van der Waals surface area contributed by atoms with Crippen LogP contribution in [-0.4, -0.2) is 58.3 Å². The molecule has 0 aliphatic carbocycles. The van der Waals surface area contributed by atoms with Crippen molar-refractivity contribution in [2.75, 3.05) is 13.6 Å². The average Bonchev–Trinajstić information content (AvgIpc) is 2.87. The number of nitrogens with one attached hydrogen (secondary N) is 2. The molecule has 2 heterocycles. The Balaban J connectivity index is 2.35. The van der Waals surface area contributed by atoms with Crippen molar-refractivity contribution in [2.45, 2.75) is 12.5 Å². The summed E-state index contributed by atoms with van der Waals surface area (Å²) in [5, 5.41) is 13.4. The predicted molar refractivity (Wildman–Crippen MR) is 75.8 cm³/mol. The largest absolute Gasteiger partial charge is 0.418 e. The number of amidine groups is 1. The summed E-state index contributed by atoms with van der Waals surface area (Å²) in [4.78, 5) is 17.2. The molecule has 0 radical (unpaired) electrons. The summed E-state index contributed by atoms with van der Waals surface area (Å²) in [5.74, 6) is 0.0524. The quantitative estimate of drug-likeness (QED) is 0.229. The third kappa shape index (κ3) is 3.58. The van der Waals surface area contributed by atoms with Crippen molar-refractivity contribution in [3.05, 3.63) is 17.5 Å². The van der Waals surface area contributed by atoms with E-state index in [9.17, 15) is 18.4 Å². The zero-order valence-corrected chi connectivity index (χ0v) is 13.1. The first-order valence-electron chi connectivity index (χ1n) is 6.38. The number of rotatable bonds is 3. The van der Waals surface area contributed by atoms with E-state index in [4.69, 9.17) is 4.55 Å². The Morgan fingerprint density at radius 1 is 1.57 bits per heavy atom. The second kappa shape index (κ2) is 6.49. The Morgan fingerprint density at radius 3 is 2.83 bits per heavy atom. The molecule has 12 nitrogen and oxygen atoms in total. The van der Waals surface area contributed by atoms with E-state index in [0.29, 0.717) is 12.1 Å². The van der Waals surface area contributed by atoms with Crippen LogP contribution in [0.25, 0.3) is 0 Å². The van der Waals surface area contributed by atoms with Crippen LogP contribution in [-0.2, 0) is 28.2 Å². The van der Waals surface area contributed by atoms with Gasteiger partial charge < -0.3 is 4.90 Å². The number of hydroxylamine groups is 2. The lowest BCUT2D eigenvalue weighted by Gasteiger charge is -2.35. The lowest BCUT2D eigenvalue weighted by Crippen LogP contribution is -2.51. The second-order valence-electron chi connectivity index (χ2n) is 4.66. The van der Waals surface area contributed by atoms with E-state index in [1.165, 1.54) is 16.6 Å². The van der Waals surface area contributed by atoms with Crippen LogP contribution < -0.4 is 11.0 Å². The summed E-state index contributed by atoms with van der Waals surface area (Å²) >= 11 is 0. The van der Waals surface area contributed by atoms with Crippen molar-refractivity contribution in [1.29, 1.82) is 0 Å². The van der Waals surface area contributed by atoms with Crippen LogP contribution in [0, 0.1) is 0 Å². The number of amides is 2. The molecule has 13 heteroatoms. The number of nitrogens with zero attached hydrogens (tertiary/aromatic N) is 4. The van der Waals surface area contributed by atoms with E-state index in [2.05, 4.69) is 14.4 Å². The van der Waals surface area contributed by atoms with Crippen molar-refractivity contribution in [3.8, 4) is 0 Å². The third-order valence-corrected chi connectivity index (χ3v) is 3.66. The average molecular weight is 348 g/mol. The Bertz CT molecular complexity index is 728. The molecule has 128 valence electrons. The van der Waals surface area contributed by atoms with Gasteiger partial charge in [-0.2, -0.15) is 19.0 Å². The lowest BCUT2D eigenvalue weighted by molar-refractivity contribution is 0.123. The molecular formula is C10H16N6O6S. The molecule has 1 aliphatic rings. The number of aliphatic imine (C=N–C) groups is 1. The fraction of sp³-hybridized carbons (Fsp3) is 0.500. The third-order valence-electron chi connectivity index (χ3n) is 3.37. The molecule has 0 fully saturated rings. The summed E-state index contributed by atoms with van der Waals surface area (Å²) in [6.07, 6.45) is 2.10. The molecule has 1 aliphatic heterocycles. The van der Waals surface area contributed by atoms with Gasteiger partial charge in [-0.15, -0.1) is 4.28 Å². The minimum Gasteiger partial charge on any atom is -0.307 e. The topological polar surface area (TPSA) is 158 Å². The van der Waals surface area contributed by atoms with Crippen LogP contribution in [0.3, 0.4) is 0 Å². The van der Waals surface area contributed by atoms with Crippen molar-refractivity contribution < 1.29 is 27.3 Å². The van der Waals surface area contributed by atoms with Gasteiger partial charge in [-0.1, -0.05) is 0 Å². The predicted octanol–water partition coefficient (Wildman–Crippen LogP) is -1.23. The van der Waals surface area contributed by atoms with Gasteiger partial charge in [0.25, 0.3) is 0 Å². The normalized spacial score (nSPS) is 18.5. The van der Waals surface area contributed by atoms with Gasteiger partial charge in [0, 0.05) is 20.6 Å². The minimum atomic E-state index is -4.84. The highest BCUT2D eigenvalue weighted by molar-refractivity contribution is 7.80. The Morgan fingerprint density at radius 2 is 2.26 bits per heavy atom. The molecular weight excluding hydrogens is 332 g/mol. The number of urea groups is 1. The molecule has 1 aromatic rings. The maximum Gasteiger partial charge on any atom is 0.418 e. The summed E-state index contributed by atoms with van der Waals surface area (Å²) < 4.78 is 35.1. The van der Waals surface area contributed by atoms with Gasteiger partial charge in [-0.25, -0.2) is 4.79 Å². The van der Waals surface area contributed by atoms with E-state index >= 15 is 0 Å². The van der Waals surface area contributed by atoms with Gasteiger partial charge >= 0.3 is 16.4 Å². The maximum absolute atomic E-state index is 12.2. The van der Waals surface area contributed by atoms with E-state index in [1.807, 2.05) is 5.48 Å². The number of fused-ring (bicyclic) bond motifs is 1. The molecule has 4 N–H and O–H groups in total. The molecule has 2 rings (SSSR count). The molecule has 2 amide bonds. The summed E-state index contributed by atoms with van der Waals surface area (Å²) in [6, 6.07) is -1.78. The number of aromatic nitrogens is 2. The SMILES string of the molecule is CN=C(NO)[C@H]1c2c(cnn2C)CCN1C(=O)NOS(=O)(=O)O. The van der Waals surface area contributed by atoms with Crippen LogP contribution in [0.4, 0.5) is 4.79 Å². The zero-order valence-electron chi connectivity index (χ0n) is 12.3. The number of carbonyl (C=O) groups excluding carboxylic acids is 1. The summed E-state index contributed by atoms with van der Waals surface area (Å²) in [6.45, 7) is 0.185. The van der Waals surface area contributed by atoms with Gasteiger partial charge in [0.15, 0.2) is 0 Å². The molecule has 23 heavy (non-hydrogen) atoms. The summed E-state index contributed by atoms with van der Waals surface area (Å²) in [5.41, 5.74) is 4.99. The molecule has 1 aromatic heterocycles. The van der Waals surface area contributed by atoms with E-state index in [0.717, 1.165) is 5.56 Å². The van der Waals surface area contributed by atoms with Crippen LogP contribution in [0.1, 0.15) is 17.3 Å². The van der Waals surface area contributed by atoms with E-state index < -0.39 is 22.5 Å². The Labute approximate surface area is 131 Å². The molecule has 0 bridgehead atoms. The molecule has 0 saturated heterocycles. The first-order chi connectivity index (χ1) is 10.8. The van der Waals surface area contributed by atoms with Crippen LogP contribution >= 0.6 is 0 Å². The first-order valence-corrected chi connectivity index (χ1v) is 7.75. The fourth-order valence-corrected chi connectivity index (χ4v) is 2.61. The number of aryl methyl sites for hydroxylation is 1. The Kier molecular flexibility index (Phi) is 4.84. The highest BCUT2D eigenvalue weighted by Gasteiger charge is 2.37. The second-order valence-corrected chi connectivity index (χ2v) is 5.69. The standard InChI is InChI=1S/C10H16N6O6S/c1-11-9(13-18)8-7-6(5-12-15(7)2)3-4-16(8)10(17)14-22-23(19,20)21/h5,8,18H,3-4H2,1-2H3,(H,11,13)(H,14,17)(H,19,20,21)/t8-/m1/s1. The van der Waals surface area contributed by atoms with Gasteiger partial charge in [0.05, 0.1) is 11.9 Å². The summed E-state index contributed by atoms with van der Waals surface area (Å²) in [7, 11) is -1.77. The van der Waals surface area contributed by atoms with Gasteiger partial charge in [0.1, 0.15) is 11.9 Å². The van der Waals surface area contributed by atoms with Crippen LogP contribution in [0.5, 0.6) is 0 Å². The molecule has 1 atom stereocenters. The molecule has 0 aromatic carbocycles.